The molecule has 1 amide bonds. The van der Waals surface area contributed by atoms with E-state index in [1.54, 1.807) is 31.4 Å². The third-order valence-corrected chi connectivity index (χ3v) is 6.35. The lowest BCUT2D eigenvalue weighted by Gasteiger charge is -2.26. The van der Waals surface area contributed by atoms with Crippen LogP contribution in [0.25, 0.3) is 22.2 Å². The Labute approximate surface area is 236 Å². The number of hydrogen-bond acceptors (Lipinski definition) is 8. The van der Waals surface area contributed by atoms with Crippen molar-refractivity contribution in [1.29, 1.82) is 5.26 Å². The Morgan fingerprint density at radius 3 is 2.66 bits per heavy atom. The lowest BCUT2D eigenvalue weighted by molar-refractivity contribution is -0.111. The van der Waals surface area contributed by atoms with Crippen LogP contribution in [0.15, 0.2) is 61.4 Å². The standard InChI is InChI=1S/C29H30F2N8O2/c1-6-27(40)34-22-14-23(26(41-28(30)31)15-25(22)38(4)12-11-37(2)3)36-29-33-10-9-21(35-29)20-17-39(5)24-13-18(16-32)7-8-19(20)24/h6-10,13-15,17,28H,1,11-12H2,2-5H3,(H,34,40)(H,33,35,36). The summed E-state index contributed by atoms with van der Waals surface area (Å²) in [6.45, 7) is 1.64. The molecule has 0 radical (unpaired) electrons. The minimum Gasteiger partial charge on any atom is -0.433 e. The van der Waals surface area contributed by atoms with Crippen LogP contribution in [0.1, 0.15) is 5.56 Å². The van der Waals surface area contributed by atoms with Gasteiger partial charge in [0.2, 0.25) is 11.9 Å². The molecule has 0 aliphatic carbocycles. The summed E-state index contributed by atoms with van der Waals surface area (Å²) in [6.07, 6.45) is 4.56. The van der Waals surface area contributed by atoms with Crippen molar-refractivity contribution in [3.63, 3.8) is 0 Å². The van der Waals surface area contributed by atoms with Gasteiger partial charge in [0.25, 0.3) is 0 Å². The molecule has 2 heterocycles. The first kappa shape index (κ1) is 29.0. The second kappa shape index (κ2) is 12.4. The fourth-order valence-corrected chi connectivity index (χ4v) is 4.28. The van der Waals surface area contributed by atoms with Crippen LogP contribution >= 0.6 is 0 Å². The van der Waals surface area contributed by atoms with E-state index in [4.69, 9.17) is 4.74 Å². The molecule has 0 aliphatic heterocycles. The topological polar surface area (TPSA) is 111 Å². The average Bonchev–Trinajstić information content (AvgIpc) is 3.28. The third-order valence-electron chi connectivity index (χ3n) is 6.35. The normalized spacial score (nSPS) is 11.0. The van der Waals surface area contributed by atoms with E-state index in [2.05, 4.69) is 33.2 Å². The maximum atomic E-state index is 13.5. The number of nitrogens with zero attached hydrogens (tertiary/aromatic N) is 6. The summed E-state index contributed by atoms with van der Waals surface area (Å²) >= 11 is 0. The molecule has 10 nitrogen and oxygen atoms in total. The van der Waals surface area contributed by atoms with Crippen LogP contribution in [-0.2, 0) is 11.8 Å². The molecule has 0 spiro atoms. The van der Waals surface area contributed by atoms with Gasteiger partial charge in [0.05, 0.1) is 34.4 Å². The summed E-state index contributed by atoms with van der Waals surface area (Å²) in [4.78, 5) is 24.9. The number of nitrogens with one attached hydrogen (secondary N) is 2. The molecule has 0 atom stereocenters. The number of fused-ring (bicyclic) bond motifs is 1. The zero-order chi connectivity index (χ0) is 29.7. The number of carbonyl (C=O) groups is 1. The van der Waals surface area contributed by atoms with Crippen LogP contribution in [0.2, 0.25) is 0 Å². The van der Waals surface area contributed by atoms with Gasteiger partial charge in [0, 0.05) is 62.1 Å². The molecule has 0 fully saturated rings. The summed E-state index contributed by atoms with van der Waals surface area (Å²) in [7, 11) is 7.50. The van der Waals surface area contributed by atoms with Crippen LogP contribution < -0.4 is 20.3 Å². The fourth-order valence-electron chi connectivity index (χ4n) is 4.28. The zero-order valence-electron chi connectivity index (χ0n) is 23.2. The van der Waals surface area contributed by atoms with E-state index in [1.165, 1.54) is 12.1 Å². The molecule has 0 bridgehead atoms. The van der Waals surface area contributed by atoms with E-state index in [0.29, 0.717) is 35.7 Å². The van der Waals surface area contributed by atoms with E-state index in [1.807, 2.05) is 47.8 Å². The van der Waals surface area contributed by atoms with Crippen molar-refractivity contribution in [1.82, 2.24) is 19.4 Å². The highest BCUT2D eigenvalue weighted by Crippen LogP contribution is 2.39. The summed E-state index contributed by atoms with van der Waals surface area (Å²) in [6, 6.07) is 12.2. The number of nitriles is 1. The smallest absolute Gasteiger partial charge is 0.387 e. The SMILES string of the molecule is C=CC(=O)Nc1cc(Nc2nccc(-c3cn(C)c4cc(C#N)ccc34)n2)c(OC(F)F)cc1N(C)CCN(C)C. The first-order chi connectivity index (χ1) is 19.6. The van der Waals surface area contributed by atoms with E-state index >= 15 is 0 Å². The Kier molecular flexibility index (Phi) is 8.79. The molecule has 0 saturated carbocycles. The van der Waals surface area contributed by atoms with E-state index in [9.17, 15) is 18.8 Å². The average molecular weight is 561 g/mol. The van der Waals surface area contributed by atoms with E-state index in [-0.39, 0.29) is 17.4 Å². The Bertz CT molecular complexity index is 1630. The predicted molar refractivity (Wildman–Crippen MR) is 156 cm³/mol. The predicted octanol–water partition coefficient (Wildman–Crippen LogP) is 4.97. The summed E-state index contributed by atoms with van der Waals surface area (Å²) in [5.74, 6) is -0.483. The summed E-state index contributed by atoms with van der Waals surface area (Å²) in [5, 5.41) is 15.9. The number of hydrogen-bond donors (Lipinski definition) is 2. The Hall–Kier alpha value is -5.02. The van der Waals surface area contributed by atoms with Crippen molar-refractivity contribution < 1.29 is 18.3 Å². The van der Waals surface area contributed by atoms with Gasteiger partial charge in [-0.05, 0) is 44.4 Å². The molecule has 41 heavy (non-hydrogen) atoms. The molecule has 12 heteroatoms. The van der Waals surface area contributed by atoms with Gasteiger partial charge in [0.1, 0.15) is 0 Å². The van der Waals surface area contributed by atoms with Crippen molar-refractivity contribution in [3.8, 4) is 23.1 Å². The monoisotopic (exact) mass is 560 g/mol. The molecule has 2 aromatic carbocycles. The van der Waals surface area contributed by atoms with Crippen molar-refractivity contribution >= 4 is 39.8 Å². The number of halogens is 2. The first-order valence-corrected chi connectivity index (χ1v) is 12.6. The highest BCUT2D eigenvalue weighted by molar-refractivity contribution is 6.02. The lowest BCUT2D eigenvalue weighted by atomic mass is 10.1. The van der Waals surface area contributed by atoms with Crippen molar-refractivity contribution in [2.24, 2.45) is 7.05 Å². The van der Waals surface area contributed by atoms with Gasteiger partial charge in [-0.2, -0.15) is 14.0 Å². The molecule has 4 aromatic rings. The third kappa shape index (κ3) is 6.77. The van der Waals surface area contributed by atoms with Gasteiger partial charge in [-0.15, -0.1) is 0 Å². The lowest BCUT2D eigenvalue weighted by Crippen LogP contribution is -2.29. The fraction of sp³-hybridized carbons (Fsp3) is 0.241. The number of aromatic nitrogens is 3. The van der Waals surface area contributed by atoms with E-state index in [0.717, 1.165) is 22.5 Å². The highest BCUT2D eigenvalue weighted by Gasteiger charge is 2.19. The quantitative estimate of drug-likeness (QED) is 0.247. The Balaban J connectivity index is 1.75. The van der Waals surface area contributed by atoms with Gasteiger partial charge < -0.3 is 29.7 Å². The van der Waals surface area contributed by atoms with Crippen LogP contribution in [0.4, 0.5) is 31.8 Å². The second-order valence-corrected chi connectivity index (χ2v) is 9.55. The number of rotatable bonds is 11. The Morgan fingerprint density at radius 1 is 1.20 bits per heavy atom. The minimum absolute atomic E-state index is 0.127. The molecular formula is C29H30F2N8O2. The molecule has 212 valence electrons. The first-order valence-electron chi connectivity index (χ1n) is 12.6. The highest BCUT2D eigenvalue weighted by atomic mass is 19.3. The van der Waals surface area contributed by atoms with Gasteiger partial charge in [-0.25, -0.2) is 9.97 Å². The second-order valence-electron chi connectivity index (χ2n) is 9.55. The zero-order valence-corrected chi connectivity index (χ0v) is 23.2. The molecule has 0 saturated heterocycles. The number of anilines is 4. The number of carbonyl (C=O) groups excluding carboxylic acids is 1. The number of alkyl halides is 2. The molecular weight excluding hydrogens is 530 g/mol. The number of benzene rings is 2. The maximum absolute atomic E-state index is 13.5. The summed E-state index contributed by atoms with van der Waals surface area (Å²) in [5.41, 5.74) is 3.74. The minimum atomic E-state index is -3.09. The summed E-state index contributed by atoms with van der Waals surface area (Å²) < 4.78 is 33.7. The molecule has 0 aliphatic rings. The largest absolute Gasteiger partial charge is 0.433 e. The Morgan fingerprint density at radius 2 is 1.98 bits per heavy atom. The van der Waals surface area contributed by atoms with Crippen LogP contribution in [0, 0.1) is 11.3 Å². The van der Waals surface area contributed by atoms with Gasteiger partial charge in [-0.1, -0.05) is 12.6 Å². The van der Waals surface area contributed by atoms with Gasteiger partial charge in [-0.3, -0.25) is 4.79 Å². The van der Waals surface area contributed by atoms with Gasteiger partial charge >= 0.3 is 6.61 Å². The van der Waals surface area contributed by atoms with Crippen LogP contribution in [-0.4, -0.2) is 66.2 Å². The van der Waals surface area contributed by atoms with Crippen molar-refractivity contribution in [3.05, 3.63) is 67.0 Å². The van der Waals surface area contributed by atoms with Crippen molar-refractivity contribution in [2.75, 3.05) is 49.8 Å². The number of likely N-dealkylation sites (N-methyl/N-ethyl adjacent to an activating group) is 2. The molecule has 0 unspecified atom stereocenters. The van der Waals surface area contributed by atoms with Crippen molar-refractivity contribution in [2.45, 2.75) is 6.61 Å². The number of ether oxygens (including phenoxy) is 1. The molecule has 2 N–H and O–H groups in total. The maximum Gasteiger partial charge on any atom is 0.387 e. The molecule has 4 rings (SSSR count). The number of amides is 1. The molecule has 2 aromatic heterocycles. The van der Waals surface area contributed by atoms with Gasteiger partial charge in [0.15, 0.2) is 5.75 Å². The number of aryl methyl sites for hydroxylation is 1. The van der Waals surface area contributed by atoms with E-state index < -0.39 is 12.5 Å². The van der Waals surface area contributed by atoms with Crippen LogP contribution in [0.3, 0.4) is 0 Å². The van der Waals surface area contributed by atoms with Crippen LogP contribution in [0.5, 0.6) is 5.75 Å².